The lowest BCUT2D eigenvalue weighted by Gasteiger charge is -2.21. The van der Waals surface area contributed by atoms with Crippen molar-refractivity contribution in [2.75, 3.05) is 25.0 Å². The van der Waals surface area contributed by atoms with Crippen molar-refractivity contribution in [3.05, 3.63) is 23.9 Å². The van der Waals surface area contributed by atoms with Crippen molar-refractivity contribution in [1.29, 1.82) is 5.26 Å². The van der Waals surface area contributed by atoms with Gasteiger partial charge in [0, 0.05) is 19.8 Å². The van der Waals surface area contributed by atoms with Gasteiger partial charge in [0.2, 0.25) is 5.91 Å². The lowest BCUT2D eigenvalue weighted by atomic mass is 10.3. The number of nitrogens with one attached hydrogen (secondary N) is 1. The Morgan fingerprint density at radius 3 is 2.82 bits per heavy atom. The number of likely N-dealkylation sites (N-methyl/N-ethyl adjacent to an activating group) is 1. The molecule has 1 N–H and O–H groups in total. The third-order valence-corrected chi connectivity index (χ3v) is 2.31. The number of pyridine rings is 1. The van der Waals surface area contributed by atoms with E-state index in [1.165, 1.54) is 6.20 Å². The standard InChI is InChI=1S/C12H16N4O/c1-3-6-16(9-12(17)14-2)11-5-4-10(7-13)8-15-11/h4-5,8H,3,6,9H2,1-2H3,(H,14,17). The van der Waals surface area contributed by atoms with Gasteiger partial charge >= 0.3 is 0 Å². The number of nitriles is 1. The van der Waals surface area contributed by atoms with Crippen molar-refractivity contribution in [1.82, 2.24) is 10.3 Å². The van der Waals surface area contributed by atoms with Gasteiger partial charge in [-0.25, -0.2) is 4.98 Å². The van der Waals surface area contributed by atoms with Crippen LogP contribution in [0, 0.1) is 11.3 Å². The van der Waals surface area contributed by atoms with Gasteiger partial charge in [-0.1, -0.05) is 6.92 Å². The van der Waals surface area contributed by atoms with Crippen molar-refractivity contribution in [3.8, 4) is 6.07 Å². The van der Waals surface area contributed by atoms with Gasteiger partial charge in [-0.15, -0.1) is 0 Å². The molecule has 1 amide bonds. The molecule has 0 fully saturated rings. The molecule has 90 valence electrons. The van der Waals surface area contributed by atoms with Crippen molar-refractivity contribution < 1.29 is 4.79 Å². The van der Waals surface area contributed by atoms with E-state index in [-0.39, 0.29) is 12.5 Å². The van der Waals surface area contributed by atoms with E-state index in [0.29, 0.717) is 5.56 Å². The molecule has 1 aromatic heterocycles. The second-order valence-electron chi connectivity index (χ2n) is 3.61. The molecule has 0 aliphatic heterocycles. The van der Waals surface area contributed by atoms with Crippen LogP contribution in [0.15, 0.2) is 18.3 Å². The van der Waals surface area contributed by atoms with Gasteiger partial charge in [0.25, 0.3) is 0 Å². The Bertz CT molecular complexity index is 408. The first-order valence-electron chi connectivity index (χ1n) is 5.53. The minimum absolute atomic E-state index is 0.0513. The largest absolute Gasteiger partial charge is 0.358 e. The van der Waals surface area contributed by atoms with Crippen LogP contribution < -0.4 is 10.2 Å². The Morgan fingerprint density at radius 1 is 1.59 bits per heavy atom. The normalized spacial score (nSPS) is 9.47. The number of carbonyl (C=O) groups is 1. The third kappa shape index (κ3) is 3.76. The highest BCUT2D eigenvalue weighted by Crippen LogP contribution is 2.11. The molecule has 0 aromatic carbocycles. The minimum atomic E-state index is -0.0513. The van der Waals surface area contributed by atoms with Crippen molar-refractivity contribution in [2.45, 2.75) is 13.3 Å². The van der Waals surface area contributed by atoms with Crippen LogP contribution in [0.2, 0.25) is 0 Å². The van der Waals surface area contributed by atoms with E-state index in [1.807, 2.05) is 17.9 Å². The van der Waals surface area contributed by atoms with Gasteiger partial charge in [-0.2, -0.15) is 5.26 Å². The molecule has 1 rings (SSSR count). The number of aromatic nitrogens is 1. The maximum atomic E-state index is 11.4. The predicted octanol–water partition coefficient (Wildman–Crippen LogP) is 0.916. The molecular formula is C12H16N4O. The van der Waals surface area contributed by atoms with Gasteiger partial charge in [0.05, 0.1) is 12.1 Å². The topological polar surface area (TPSA) is 69.0 Å². The smallest absolute Gasteiger partial charge is 0.239 e. The fraction of sp³-hybridized carbons (Fsp3) is 0.417. The number of hydrogen-bond donors (Lipinski definition) is 1. The van der Waals surface area contributed by atoms with Crippen molar-refractivity contribution in [2.24, 2.45) is 0 Å². The first-order chi connectivity index (χ1) is 8.21. The Hall–Kier alpha value is -2.09. The first kappa shape index (κ1) is 13.0. The van der Waals surface area contributed by atoms with E-state index in [1.54, 1.807) is 19.2 Å². The van der Waals surface area contributed by atoms with Crippen LogP contribution in [0.4, 0.5) is 5.82 Å². The monoisotopic (exact) mass is 232 g/mol. The summed E-state index contributed by atoms with van der Waals surface area (Å²) >= 11 is 0. The summed E-state index contributed by atoms with van der Waals surface area (Å²) in [5.41, 5.74) is 0.519. The molecule has 0 atom stereocenters. The maximum Gasteiger partial charge on any atom is 0.239 e. The molecule has 5 heteroatoms. The molecule has 0 radical (unpaired) electrons. The average molecular weight is 232 g/mol. The van der Waals surface area contributed by atoms with Gasteiger partial charge < -0.3 is 10.2 Å². The summed E-state index contributed by atoms with van der Waals surface area (Å²) in [5.74, 6) is 0.666. The van der Waals surface area contributed by atoms with Gasteiger partial charge in [-0.05, 0) is 18.6 Å². The SMILES string of the molecule is CCCN(CC(=O)NC)c1ccc(C#N)cn1. The molecular weight excluding hydrogens is 216 g/mol. The van der Waals surface area contributed by atoms with Crippen molar-refractivity contribution in [3.63, 3.8) is 0 Å². The Kier molecular flexibility index (Phi) is 4.95. The molecule has 0 aliphatic rings. The van der Waals surface area contributed by atoms with E-state index >= 15 is 0 Å². The molecule has 0 saturated carbocycles. The van der Waals surface area contributed by atoms with Gasteiger partial charge in [0.1, 0.15) is 11.9 Å². The van der Waals surface area contributed by atoms with E-state index in [4.69, 9.17) is 5.26 Å². The van der Waals surface area contributed by atoms with Crippen LogP contribution in [-0.4, -0.2) is 31.0 Å². The summed E-state index contributed by atoms with van der Waals surface area (Å²) in [6.07, 6.45) is 2.44. The summed E-state index contributed by atoms with van der Waals surface area (Å²) < 4.78 is 0. The fourth-order valence-corrected chi connectivity index (χ4v) is 1.44. The predicted molar refractivity (Wildman–Crippen MR) is 65.5 cm³/mol. The summed E-state index contributed by atoms with van der Waals surface area (Å²) in [7, 11) is 1.61. The second-order valence-corrected chi connectivity index (χ2v) is 3.61. The zero-order chi connectivity index (χ0) is 12.7. The molecule has 0 bridgehead atoms. The zero-order valence-electron chi connectivity index (χ0n) is 10.1. The summed E-state index contributed by atoms with van der Waals surface area (Å²) in [6.45, 7) is 3.08. The van der Waals surface area contributed by atoms with E-state index in [9.17, 15) is 4.79 Å². The second kappa shape index (κ2) is 6.48. The van der Waals surface area contributed by atoms with Crippen molar-refractivity contribution >= 4 is 11.7 Å². The lowest BCUT2D eigenvalue weighted by molar-refractivity contribution is -0.119. The molecule has 0 unspecified atom stereocenters. The highest BCUT2D eigenvalue weighted by Gasteiger charge is 2.10. The molecule has 5 nitrogen and oxygen atoms in total. The van der Waals surface area contributed by atoms with Crippen LogP contribution in [-0.2, 0) is 4.79 Å². The highest BCUT2D eigenvalue weighted by molar-refractivity contribution is 5.80. The average Bonchev–Trinajstić information content (AvgIpc) is 2.38. The number of nitrogens with zero attached hydrogens (tertiary/aromatic N) is 3. The number of anilines is 1. The van der Waals surface area contributed by atoms with Crippen LogP contribution >= 0.6 is 0 Å². The van der Waals surface area contributed by atoms with Crippen LogP contribution in [0.1, 0.15) is 18.9 Å². The van der Waals surface area contributed by atoms with Crippen LogP contribution in [0.25, 0.3) is 0 Å². The molecule has 1 heterocycles. The zero-order valence-corrected chi connectivity index (χ0v) is 10.1. The van der Waals surface area contributed by atoms with Crippen LogP contribution in [0.3, 0.4) is 0 Å². The van der Waals surface area contributed by atoms with E-state index < -0.39 is 0 Å². The Labute approximate surface area is 101 Å². The molecule has 1 aromatic rings. The van der Waals surface area contributed by atoms with Gasteiger partial charge in [-0.3, -0.25) is 4.79 Å². The molecule has 17 heavy (non-hydrogen) atoms. The molecule has 0 spiro atoms. The highest BCUT2D eigenvalue weighted by atomic mass is 16.1. The lowest BCUT2D eigenvalue weighted by Crippen LogP contribution is -2.36. The van der Waals surface area contributed by atoms with E-state index in [2.05, 4.69) is 10.3 Å². The molecule has 0 aliphatic carbocycles. The number of carbonyl (C=O) groups excluding carboxylic acids is 1. The molecule has 0 saturated heterocycles. The third-order valence-electron chi connectivity index (χ3n) is 2.31. The quantitative estimate of drug-likeness (QED) is 0.819. The Balaban J connectivity index is 2.81. The summed E-state index contributed by atoms with van der Waals surface area (Å²) in [6, 6.07) is 5.48. The van der Waals surface area contributed by atoms with E-state index in [0.717, 1.165) is 18.8 Å². The minimum Gasteiger partial charge on any atom is -0.358 e. The summed E-state index contributed by atoms with van der Waals surface area (Å²) in [4.78, 5) is 17.4. The Morgan fingerprint density at radius 2 is 2.35 bits per heavy atom. The first-order valence-corrected chi connectivity index (χ1v) is 5.53. The maximum absolute atomic E-state index is 11.4. The number of amides is 1. The number of rotatable bonds is 5. The van der Waals surface area contributed by atoms with Gasteiger partial charge in [0.15, 0.2) is 0 Å². The number of hydrogen-bond acceptors (Lipinski definition) is 4. The van der Waals surface area contributed by atoms with Crippen LogP contribution in [0.5, 0.6) is 0 Å². The fourth-order valence-electron chi connectivity index (χ4n) is 1.44. The summed E-state index contributed by atoms with van der Waals surface area (Å²) in [5, 5.41) is 11.3.